The number of hydrogen-bond donors (Lipinski definition) is 1. The van der Waals surface area contributed by atoms with Gasteiger partial charge in [-0.1, -0.05) is 6.07 Å². The van der Waals surface area contributed by atoms with Gasteiger partial charge < -0.3 is 9.84 Å². The van der Waals surface area contributed by atoms with E-state index in [1.54, 1.807) is 13.0 Å². The normalized spacial score (nSPS) is 10.3. The van der Waals surface area contributed by atoms with Crippen molar-refractivity contribution in [2.75, 3.05) is 6.61 Å². The minimum absolute atomic E-state index is 0.0107. The smallest absolute Gasteiger partial charge is 0.310 e. The molecule has 1 rings (SSSR count). The Bertz CT molecular complexity index is 509. The van der Waals surface area contributed by atoms with E-state index in [-0.39, 0.29) is 24.2 Å². The first-order valence-corrected chi connectivity index (χ1v) is 5.63. The molecular weight excluding hydrogens is 256 g/mol. The topological polar surface area (TPSA) is 70.3 Å². The Kier molecular flexibility index (Phi) is 5.39. The maximum Gasteiger partial charge on any atom is 0.310 e. The molecule has 0 aliphatic carbocycles. The number of carbonyl (C=O) groups excluding carboxylic acids is 1. The number of halogens is 2. The summed E-state index contributed by atoms with van der Waals surface area (Å²) in [6, 6.07) is 4.14. The van der Waals surface area contributed by atoms with Crippen molar-refractivity contribution in [3.05, 3.63) is 34.4 Å². The fourth-order valence-corrected chi connectivity index (χ4v) is 1.73. The fourth-order valence-electron chi connectivity index (χ4n) is 1.73. The van der Waals surface area contributed by atoms with E-state index in [9.17, 15) is 13.6 Å². The maximum atomic E-state index is 13.0. The average Bonchev–Trinajstić information content (AvgIpc) is 2.37. The van der Waals surface area contributed by atoms with Crippen LogP contribution in [0.2, 0.25) is 0 Å². The number of carbonyl (C=O) groups is 1. The van der Waals surface area contributed by atoms with Crippen molar-refractivity contribution in [1.29, 1.82) is 5.26 Å². The molecule has 0 fully saturated rings. The lowest BCUT2D eigenvalue weighted by Crippen LogP contribution is -2.11. The van der Waals surface area contributed by atoms with Crippen LogP contribution in [0, 0.1) is 11.3 Å². The summed E-state index contributed by atoms with van der Waals surface area (Å²) >= 11 is 0. The van der Waals surface area contributed by atoms with E-state index in [0.717, 1.165) is 0 Å². The Balaban J connectivity index is 3.26. The molecule has 0 amide bonds. The van der Waals surface area contributed by atoms with Crippen LogP contribution in [-0.4, -0.2) is 17.7 Å². The third-order valence-corrected chi connectivity index (χ3v) is 2.49. The molecule has 0 radical (unpaired) electrons. The standard InChI is InChI=1S/C13H13F2NO3/c1-2-19-11(18)5-9-3-8(7-17)4-10(6-16)12(9)13(14)15/h3-4,13,17H,2,5,7H2,1H3. The summed E-state index contributed by atoms with van der Waals surface area (Å²) in [7, 11) is 0. The van der Waals surface area contributed by atoms with Gasteiger partial charge >= 0.3 is 5.97 Å². The van der Waals surface area contributed by atoms with Gasteiger partial charge in [0, 0.05) is 5.56 Å². The molecule has 4 nitrogen and oxygen atoms in total. The van der Waals surface area contributed by atoms with Gasteiger partial charge in [-0.2, -0.15) is 5.26 Å². The Morgan fingerprint density at radius 3 is 2.68 bits per heavy atom. The second-order valence-corrected chi connectivity index (χ2v) is 3.77. The number of alkyl halides is 2. The fraction of sp³-hybridized carbons (Fsp3) is 0.385. The quantitative estimate of drug-likeness (QED) is 0.831. The number of hydrogen-bond acceptors (Lipinski definition) is 4. The summed E-state index contributed by atoms with van der Waals surface area (Å²) in [6.45, 7) is 1.36. The number of ether oxygens (including phenoxy) is 1. The first-order chi connectivity index (χ1) is 9.03. The number of esters is 1. The van der Waals surface area contributed by atoms with Crippen molar-refractivity contribution in [3.63, 3.8) is 0 Å². The largest absolute Gasteiger partial charge is 0.466 e. The van der Waals surface area contributed by atoms with Gasteiger partial charge in [0.1, 0.15) is 0 Å². The monoisotopic (exact) mass is 269 g/mol. The van der Waals surface area contributed by atoms with Crippen LogP contribution in [0.25, 0.3) is 0 Å². The average molecular weight is 269 g/mol. The molecule has 0 bridgehead atoms. The van der Waals surface area contributed by atoms with Crippen LogP contribution >= 0.6 is 0 Å². The molecule has 102 valence electrons. The van der Waals surface area contributed by atoms with Crippen LogP contribution in [0.4, 0.5) is 8.78 Å². The lowest BCUT2D eigenvalue weighted by molar-refractivity contribution is -0.142. The molecule has 6 heteroatoms. The number of rotatable bonds is 5. The van der Waals surface area contributed by atoms with Gasteiger partial charge in [0.15, 0.2) is 0 Å². The highest BCUT2D eigenvalue weighted by Crippen LogP contribution is 2.28. The Morgan fingerprint density at radius 2 is 2.21 bits per heavy atom. The molecule has 1 N–H and O–H groups in total. The van der Waals surface area contributed by atoms with Gasteiger partial charge in [-0.15, -0.1) is 0 Å². The molecule has 1 aromatic rings. The summed E-state index contributed by atoms with van der Waals surface area (Å²) in [5, 5.41) is 17.9. The second kappa shape index (κ2) is 6.81. The van der Waals surface area contributed by atoms with E-state index in [1.165, 1.54) is 12.1 Å². The molecule has 1 aromatic carbocycles. The molecule has 19 heavy (non-hydrogen) atoms. The zero-order valence-corrected chi connectivity index (χ0v) is 10.3. The van der Waals surface area contributed by atoms with Gasteiger partial charge in [-0.3, -0.25) is 4.79 Å². The van der Waals surface area contributed by atoms with E-state index < -0.39 is 24.6 Å². The minimum Gasteiger partial charge on any atom is -0.466 e. The predicted octanol–water partition coefficient (Wildman–Crippen LogP) is 2.09. The highest BCUT2D eigenvalue weighted by molar-refractivity contribution is 5.73. The van der Waals surface area contributed by atoms with Crippen LogP contribution in [0.5, 0.6) is 0 Å². The minimum atomic E-state index is -2.87. The number of nitriles is 1. The van der Waals surface area contributed by atoms with Crippen LogP contribution in [-0.2, 0) is 22.6 Å². The molecule has 0 aliphatic heterocycles. The van der Waals surface area contributed by atoms with Gasteiger partial charge in [-0.05, 0) is 24.1 Å². The van der Waals surface area contributed by atoms with Crippen LogP contribution in [0.1, 0.15) is 35.6 Å². The van der Waals surface area contributed by atoms with Gasteiger partial charge in [-0.25, -0.2) is 8.78 Å². The predicted molar refractivity (Wildman–Crippen MR) is 62.4 cm³/mol. The lowest BCUT2D eigenvalue weighted by atomic mass is 9.96. The van der Waals surface area contributed by atoms with Gasteiger partial charge in [0.25, 0.3) is 6.43 Å². The van der Waals surface area contributed by atoms with Crippen LogP contribution in [0.15, 0.2) is 12.1 Å². The highest BCUT2D eigenvalue weighted by Gasteiger charge is 2.21. The van der Waals surface area contributed by atoms with E-state index in [0.29, 0.717) is 5.56 Å². The van der Waals surface area contributed by atoms with Crippen molar-refractivity contribution >= 4 is 5.97 Å². The van der Waals surface area contributed by atoms with E-state index in [2.05, 4.69) is 0 Å². The summed E-state index contributed by atoms with van der Waals surface area (Å²) in [5.41, 5.74) is -0.398. The maximum absolute atomic E-state index is 13.0. The molecule has 0 aromatic heterocycles. The van der Waals surface area contributed by atoms with Crippen LogP contribution in [0.3, 0.4) is 0 Å². The van der Waals surface area contributed by atoms with Crippen molar-refractivity contribution < 1.29 is 23.4 Å². The lowest BCUT2D eigenvalue weighted by Gasteiger charge is -2.12. The Morgan fingerprint density at radius 1 is 1.53 bits per heavy atom. The molecule has 0 saturated carbocycles. The number of aliphatic hydroxyl groups excluding tert-OH is 1. The summed E-state index contributed by atoms with van der Waals surface area (Å²) in [4.78, 5) is 11.4. The van der Waals surface area contributed by atoms with Crippen molar-refractivity contribution in [2.24, 2.45) is 0 Å². The van der Waals surface area contributed by atoms with Crippen molar-refractivity contribution in [2.45, 2.75) is 26.4 Å². The molecule has 0 spiro atoms. The third-order valence-electron chi connectivity index (χ3n) is 2.49. The van der Waals surface area contributed by atoms with Crippen molar-refractivity contribution in [1.82, 2.24) is 0 Å². The van der Waals surface area contributed by atoms with Gasteiger partial charge in [0.2, 0.25) is 0 Å². The molecule has 0 aliphatic rings. The molecule has 0 unspecified atom stereocenters. The Hall–Kier alpha value is -2.00. The highest BCUT2D eigenvalue weighted by atomic mass is 19.3. The summed E-state index contributed by atoms with van der Waals surface area (Å²) < 4.78 is 30.7. The zero-order valence-electron chi connectivity index (χ0n) is 10.3. The zero-order chi connectivity index (χ0) is 14.4. The number of benzene rings is 1. The SMILES string of the molecule is CCOC(=O)Cc1cc(CO)cc(C#N)c1C(F)F. The van der Waals surface area contributed by atoms with E-state index >= 15 is 0 Å². The summed E-state index contributed by atoms with van der Waals surface area (Å²) in [6.07, 6.45) is -3.22. The molecule has 0 heterocycles. The summed E-state index contributed by atoms with van der Waals surface area (Å²) in [5.74, 6) is -0.650. The second-order valence-electron chi connectivity index (χ2n) is 3.77. The van der Waals surface area contributed by atoms with Gasteiger partial charge in [0.05, 0.1) is 31.3 Å². The van der Waals surface area contributed by atoms with Crippen molar-refractivity contribution in [3.8, 4) is 6.07 Å². The molecule has 0 atom stereocenters. The third kappa shape index (κ3) is 3.73. The number of nitrogens with zero attached hydrogens (tertiary/aromatic N) is 1. The Labute approximate surface area is 109 Å². The molecule has 0 saturated heterocycles. The first-order valence-electron chi connectivity index (χ1n) is 5.63. The molecular formula is C13H13F2NO3. The number of aliphatic hydroxyl groups is 1. The van der Waals surface area contributed by atoms with E-state index in [4.69, 9.17) is 15.1 Å². The van der Waals surface area contributed by atoms with E-state index in [1.807, 2.05) is 0 Å². The van der Waals surface area contributed by atoms with Crippen LogP contribution < -0.4 is 0 Å². The first kappa shape index (κ1) is 15.1.